The number of nitrogens with two attached hydrogens (primary N) is 1. The Bertz CT molecular complexity index is 135. The molecule has 1 heterocycles. The van der Waals surface area contributed by atoms with Crippen LogP contribution in [-0.2, 0) is 0 Å². The van der Waals surface area contributed by atoms with E-state index in [2.05, 4.69) is 23.9 Å². The summed E-state index contributed by atoms with van der Waals surface area (Å²) in [6.07, 6.45) is 0. The zero-order valence-corrected chi connectivity index (χ0v) is 7.19. The van der Waals surface area contributed by atoms with Gasteiger partial charge in [0.15, 0.2) is 0 Å². The molecule has 0 radical (unpaired) electrons. The molecule has 60 valence electrons. The van der Waals surface area contributed by atoms with Crippen molar-refractivity contribution in [1.82, 2.24) is 4.90 Å². The normalized spacial score (nSPS) is 27.0. The van der Waals surface area contributed by atoms with Crippen LogP contribution in [0.15, 0.2) is 4.99 Å². The predicted molar refractivity (Wildman–Crippen MR) is 45.8 cm³/mol. The Labute approximate surface area is 67.7 Å². The summed E-state index contributed by atoms with van der Waals surface area (Å²) in [5.74, 6) is 0.760. The van der Waals surface area contributed by atoms with Crippen molar-refractivity contribution in [3.8, 4) is 0 Å². The molecule has 1 rings (SSSR count). The van der Waals surface area contributed by atoms with E-state index in [4.69, 9.17) is 5.73 Å². The second-order valence-electron chi connectivity index (χ2n) is 2.67. The summed E-state index contributed by atoms with van der Waals surface area (Å²) in [7, 11) is 2.05. The summed E-state index contributed by atoms with van der Waals surface area (Å²) in [6, 6.07) is 0.378. The largest absolute Gasteiger partial charge is 0.386 e. The molecule has 4 heteroatoms. The summed E-state index contributed by atoms with van der Waals surface area (Å²) in [5.41, 5.74) is 5.52. The van der Waals surface area contributed by atoms with Crippen LogP contribution in [0.3, 0.4) is 0 Å². The van der Waals surface area contributed by atoms with Gasteiger partial charge in [0.1, 0.15) is 5.84 Å². The molecule has 10 heavy (non-hydrogen) atoms. The third kappa shape index (κ3) is 2.54. The monoisotopic (exact) mass is 163 g/mol. The molecule has 2 N–H and O–H groups in total. The Kier molecular flexibility index (Phi) is 3.68. The number of nitrogens with zero attached hydrogens (tertiary/aromatic N) is 2. The van der Waals surface area contributed by atoms with E-state index in [0.29, 0.717) is 6.04 Å². The fourth-order valence-electron chi connectivity index (χ4n) is 1.16. The first-order valence-electron chi connectivity index (χ1n) is 3.19. The lowest BCUT2D eigenvalue weighted by Gasteiger charge is -2.23. The molecule has 0 aromatic carbocycles. The molecular formula is C6H14ClN3. The fraction of sp³-hybridized carbons (Fsp3) is 0.833. The number of likely N-dealkylation sites (N-methyl/N-ethyl adjacent to an activating group) is 1. The highest BCUT2D eigenvalue weighted by atomic mass is 35.5. The van der Waals surface area contributed by atoms with Crippen LogP contribution in [0.25, 0.3) is 0 Å². The molecule has 0 aromatic rings. The standard InChI is InChI=1S/C6H13N3.ClH/c1-5-3-9(2)4-6(7)8-5;/h5H,3-4H2,1-2H3,(H2,7,8);1H. The van der Waals surface area contributed by atoms with E-state index >= 15 is 0 Å². The van der Waals surface area contributed by atoms with Gasteiger partial charge < -0.3 is 5.73 Å². The molecule has 0 aromatic heterocycles. The average molecular weight is 164 g/mol. The van der Waals surface area contributed by atoms with Gasteiger partial charge in [0.25, 0.3) is 0 Å². The van der Waals surface area contributed by atoms with Gasteiger partial charge in [-0.05, 0) is 14.0 Å². The molecular weight excluding hydrogens is 150 g/mol. The molecule has 0 aliphatic carbocycles. The second kappa shape index (κ2) is 3.78. The van der Waals surface area contributed by atoms with Gasteiger partial charge in [-0.15, -0.1) is 12.4 Å². The van der Waals surface area contributed by atoms with Gasteiger partial charge in [-0.25, -0.2) is 0 Å². The Morgan fingerprint density at radius 3 is 2.70 bits per heavy atom. The minimum absolute atomic E-state index is 0. The van der Waals surface area contributed by atoms with E-state index in [0.717, 1.165) is 18.9 Å². The first kappa shape index (κ1) is 9.72. The van der Waals surface area contributed by atoms with Crippen molar-refractivity contribution in [3.63, 3.8) is 0 Å². The Morgan fingerprint density at radius 2 is 2.30 bits per heavy atom. The SMILES string of the molecule is CC1CN(C)CC(N)=N1.Cl. The first-order chi connectivity index (χ1) is 4.18. The number of hydrogen-bond acceptors (Lipinski definition) is 3. The molecule has 0 saturated heterocycles. The third-order valence-electron chi connectivity index (χ3n) is 1.39. The molecule has 0 amide bonds. The van der Waals surface area contributed by atoms with Crippen LogP contribution < -0.4 is 5.73 Å². The summed E-state index contributed by atoms with van der Waals surface area (Å²) in [5, 5.41) is 0. The van der Waals surface area contributed by atoms with Crippen LogP contribution in [-0.4, -0.2) is 36.9 Å². The van der Waals surface area contributed by atoms with Gasteiger partial charge in [0.2, 0.25) is 0 Å². The van der Waals surface area contributed by atoms with E-state index in [1.165, 1.54) is 0 Å². The lowest BCUT2D eigenvalue weighted by Crippen LogP contribution is -2.40. The van der Waals surface area contributed by atoms with Crippen LogP contribution >= 0.6 is 12.4 Å². The zero-order chi connectivity index (χ0) is 6.85. The van der Waals surface area contributed by atoms with E-state index in [-0.39, 0.29) is 12.4 Å². The topological polar surface area (TPSA) is 41.6 Å². The Hall–Kier alpha value is -0.280. The van der Waals surface area contributed by atoms with E-state index in [9.17, 15) is 0 Å². The smallest absolute Gasteiger partial charge is 0.108 e. The highest BCUT2D eigenvalue weighted by Crippen LogP contribution is 1.99. The third-order valence-corrected chi connectivity index (χ3v) is 1.39. The fourth-order valence-corrected chi connectivity index (χ4v) is 1.16. The highest BCUT2D eigenvalue weighted by molar-refractivity contribution is 5.85. The van der Waals surface area contributed by atoms with Crippen molar-refractivity contribution in [2.24, 2.45) is 10.7 Å². The molecule has 0 spiro atoms. The van der Waals surface area contributed by atoms with Crippen LogP contribution in [0.2, 0.25) is 0 Å². The lowest BCUT2D eigenvalue weighted by molar-refractivity contribution is 0.341. The molecule has 0 saturated carbocycles. The minimum atomic E-state index is 0. The van der Waals surface area contributed by atoms with E-state index < -0.39 is 0 Å². The lowest BCUT2D eigenvalue weighted by atomic mass is 10.3. The van der Waals surface area contributed by atoms with Gasteiger partial charge in [0.05, 0.1) is 12.6 Å². The number of amidine groups is 1. The van der Waals surface area contributed by atoms with Crippen molar-refractivity contribution >= 4 is 18.2 Å². The maximum Gasteiger partial charge on any atom is 0.108 e. The molecule has 1 unspecified atom stereocenters. The molecule has 1 aliphatic heterocycles. The number of hydrogen-bond donors (Lipinski definition) is 1. The van der Waals surface area contributed by atoms with Gasteiger partial charge in [0, 0.05) is 6.54 Å². The van der Waals surface area contributed by atoms with Crippen molar-refractivity contribution in [3.05, 3.63) is 0 Å². The Morgan fingerprint density at radius 1 is 1.70 bits per heavy atom. The zero-order valence-electron chi connectivity index (χ0n) is 6.37. The summed E-state index contributed by atoms with van der Waals surface area (Å²) in [4.78, 5) is 6.36. The number of rotatable bonds is 0. The van der Waals surface area contributed by atoms with E-state index in [1.54, 1.807) is 0 Å². The van der Waals surface area contributed by atoms with Crippen LogP contribution in [0.1, 0.15) is 6.92 Å². The average Bonchev–Trinajstić information content (AvgIpc) is 1.59. The van der Waals surface area contributed by atoms with Crippen molar-refractivity contribution in [2.75, 3.05) is 20.1 Å². The maximum atomic E-state index is 5.52. The molecule has 0 fully saturated rings. The number of aliphatic imine (C=N–C) groups is 1. The quantitative estimate of drug-likeness (QED) is 0.551. The highest BCUT2D eigenvalue weighted by Gasteiger charge is 2.11. The maximum absolute atomic E-state index is 5.52. The molecule has 3 nitrogen and oxygen atoms in total. The van der Waals surface area contributed by atoms with Gasteiger partial charge in [-0.3, -0.25) is 9.89 Å². The molecule has 1 atom stereocenters. The number of halogens is 1. The van der Waals surface area contributed by atoms with Crippen LogP contribution in [0.4, 0.5) is 0 Å². The van der Waals surface area contributed by atoms with Gasteiger partial charge >= 0.3 is 0 Å². The van der Waals surface area contributed by atoms with E-state index in [1.807, 2.05) is 0 Å². The summed E-state index contributed by atoms with van der Waals surface area (Å²) in [6.45, 7) is 3.92. The first-order valence-corrected chi connectivity index (χ1v) is 3.19. The van der Waals surface area contributed by atoms with Crippen molar-refractivity contribution < 1.29 is 0 Å². The summed E-state index contributed by atoms with van der Waals surface area (Å²) >= 11 is 0. The van der Waals surface area contributed by atoms with Gasteiger partial charge in [-0.1, -0.05) is 0 Å². The molecule has 0 bridgehead atoms. The van der Waals surface area contributed by atoms with Crippen LogP contribution in [0.5, 0.6) is 0 Å². The second-order valence-corrected chi connectivity index (χ2v) is 2.67. The van der Waals surface area contributed by atoms with Crippen LogP contribution in [0, 0.1) is 0 Å². The predicted octanol–water partition coefficient (Wildman–Crippen LogP) is 0.0993. The van der Waals surface area contributed by atoms with Gasteiger partial charge in [-0.2, -0.15) is 0 Å². The molecule has 1 aliphatic rings. The van der Waals surface area contributed by atoms with Crippen molar-refractivity contribution in [1.29, 1.82) is 0 Å². The Balaban J connectivity index is 0.000000810. The minimum Gasteiger partial charge on any atom is -0.386 e. The van der Waals surface area contributed by atoms with Crippen molar-refractivity contribution in [2.45, 2.75) is 13.0 Å². The summed E-state index contributed by atoms with van der Waals surface area (Å²) < 4.78 is 0.